The highest BCUT2D eigenvalue weighted by Crippen LogP contribution is 2.74. The minimum atomic E-state index is -2.59. The summed E-state index contributed by atoms with van der Waals surface area (Å²) in [5, 5.41) is 9.91. The summed E-state index contributed by atoms with van der Waals surface area (Å²) in [6, 6.07) is 2.18. The number of halogens is 2. The van der Waals surface area contributed by atoms with Gasteiger partial charge in [0.15, 0.2) is 11.6 Å². The van der Waals surface area contributed by atoms with Crippen LogP contribution in [-0.2, 0) is 9.59 Å². The predicted molar refractivity (Wildman–Crippen MR) is 150 cm³/mol. The van der Waals surface area contributed by atoms with E-state index in [4.69, 9.17) is 0 Å². The lowest BCUT2D eigenvalue weighted by atomic mass is 9.34. The molecule has 6 rings (SSSR count). The lowest BCUT2D eigenvalue weighted by Gasteiger charge is -2.69. The summed E-state index contributed by atoms with van der Waals surface area (Å²) in [6.45, 7) is 15.7. The van der Waals surface area contributed by atoms with E-state index >= 15 is 0 Å². The zero-order valence-corrected chi connectivity index (χ0v) is 25.4. The molecule has 6 heteroatoms. The van der Waals surface area contributed by atoms with Crippen molar-refractivity contribution in [1.82, 2.24) is 4.90 Å². The Kier molecular flexibility index (Phi) is 5.76. The molecule has 0 radical (unpaired) electrons. The van der Waals surface area contributed by atoms with E-state index in [1.165, 1.54) is 0 Å². The van der Waals surface area contributed by atoms with Gasteiger partial charge in [-0.1, -0.05) is 60.1 Å². The third kappa shape index (κ3) is 3.55. The number of alkyl halides is 2. The minimum absolute atomic E-state index is 0.0289. The van der Waals surface area contributed by atoms with Gasteiger partial charge in [0.25, 0.3) is 5.92 Å². The number of likely N-dealkylation sites (tertiary alicyclic amines) is 1. The Morgan fingerprint density at radius 2 is 1.62 bits per heavy atom. The second-order valence-electron chi connectivity index (χ2n) is 16.6. The van der Waals surface area contributed by atoms with Crippen molar-refractivity contribution in [2.45, 2.75) is 99.3 Å². The first-order valence-corrected chi connectivity index (χ1v) is 15.4. The summed E-state index contributed by atoms with van der Waals surface area (Å²) in [6.07, 6.45) is 10.5. The maximum absolute atomic E-state index is 14.5. The van der Waals surface area contributed by atoms with Gasteiger partial charge in [-0.2, -0.15) is 5.26 Å². The van der Waals surface area contributed by atoms with E-state index in [0.717, 1.165) is 50.5 Å². The molecule has 40 heavy (non-hydrogen) atoms. The molecule has 6 aliphatic rings. The molecule has 7 atom stereocenters. The van der Waals surface area contributed by atoms with Crippen LogP contribution >= 0.6 is 0 Å². The van der Waals surface area contributed by atoms with Crippen LogP contribution in [0.25, 0.3) is 0 Å². The van der Waals surface area contributed by atoms with Crippen molar-refractivity contribution in [1.29, 1.82) is 5.26 Å². The average molecular weight is 553 g/mol. The number of fused-ring (bicyclic) bond motifs is 7. The molecule has 0 unspecified atom stereocenters. The number of hydrogen-bond acceptors (Lipinski definition) is 4. The van der Waals surface area contributed by atoms with Gasteiger partial charge in [-0.25, -0.2) is 8.78 Å². The zero-order chi connectivity index (χ0) is 29.3. The molecule has 0 aromatic rings. The summed E-state index contributed by atoms with van der Waals surface area (Å²) in [5.41, 5.74) is -0.402. The monoisotopic (exact) mass is 552 g/mol. The largest absolute Gasteiger partial charge is 0.295 e. The number of ketones is 2. The standard InChI is InChI=1S/C34H46F2N2O2/c1-28(2)10-12-33(18-38-19-34(35,36)20-38)13-11-32(7)26(22(33)16-28)23(39)14-25-30(5)15-21(17-37)27(40)29(3,4)24(30)8-9-31(25,32)6/h14-15,22,24,26H,8-13,16,18-20H2,1-7H3/t22-,24-,26-,30-,31+,32+,33+/m0/s1. The fraction of sp³-hybridized carbons (Fsp3) is 0.794. The third-order valence-electron chi connectivity index (χ3n) is 13.5. The molecule has 218 valence electrons. The summed E-state index contributed by atoms with van der Waals surface area (Å²) >= 11 is 0. The van der Waals surface area contributed by atoms with Crippen molar-refractivity contribution in [2.24, 2.45) is 50.2 Å². The van der Waals surface area contributed by atoms with E-state index in [1.807, 2.05) is 30.9 Å². The Labute approximate surface area is 238 Å². The lowest BCUT2D eigenvalue weighted by molar-refractivity contribution is -0.192. The van der Waals surface area contributed by atoms with Crippen molar-refractivity contribution in [3.63, 3.8) is 0 Å². The third-order valence-corrected chi connectivity index (χ3v) is 13.5. The Bertz CT molecular complexity index is 1280. The maximum atomic E-state index is 14.5. The lowest BCUT2D eigenvalue weighted by Crippen LogP contribution is -2.67. The van der Waals surface area contributed by atoms with E-state index in [0.29, 0.717) is 6.54 Å². The summed E-state index contributed by atoms with van der Waals surface area (Å²) in [7, 11) is 0. The van der Waals surface area contributed by atoms with Gasteiger partial charge in [-0.15, -0.1) is 0 Å². The normalized spacial score (nSPS) is 46.9. The van der Waals surface area contributed by atoms with Gasteiger partial charge in [-0.3, -0.25) is 14.5 Å². The number of nitriles is 1. The number of Topliss-reactive ketones (excluding diaryl/α,β-unsaturated/α-hetero) is 1. The van der Waals surface area contributed by atoms with Gasteiger partial charge in [0.1, 0.15) is 6.07 Å². The molecule has 0 spiro atoms. The van der Waals surface area contributed by atoms with E-state index in [-0.39, 0.29) is 69.6 Å². The molecular weight excluding hydrogens is 506 g/mol. The molecule has 1 aliphatic heterocycles. The van der Waals surface area contributed by atoms with Crippen molar-refractivity contribution in [3.05, 3.63) is 23.3 Å². The molecule has 4 nitrogen and oxygen atoms in total. The highest BCUT2D eigenvalue weighted by Gasteiger charge is 2.70. The van der Waals surface area contributed by atoms with E-state index in [2.05, 4.69) is 40.7 Å². The number of nitrogens with zero attached hydrogens (tertiary/aromatic N) is 2. The van der Waals surface area contributed by atoms with Gasteiger partial charge in [0.2, 0.25) is 0 Å². The Balaban J connectivity index is 1.46. The molecular formula is C34H46F2N2O2. The zero-order valence-electron chi connectivity index (χ0n) is 25.4. The second-order valence-corrected chi connectivity index (χ2v) is 16.6. The van der Waals surface area contributed by atoms with Crippen LogP contribution in [-0.4, -0.2) is 42.0 Å². The highest BCUT2D eigenvalue weighted by atomic mass is 19.3. The molecule has 0 aromatic heterocycles. The van der Waals surface area contributed by atoms with E-state index in [9.17, 15) is 23.6 Å². The molecule has 0 N–H and O–H groups in total. The number of carbonyl (C=O) groups is 2. The molecule has 0 bridgehead atoms. The number of hydrogen-bond donors (Lipinski definition) is 0. The smallest absolute Gasteiger partial charge is 0.272 e. The van der Waals surface area contributed by atoms with Crippen LogP contribution in [0.5, 0.6) is 0 Å². The van der Waals surface area contributed by atoms with Crippen molar-refractivity contribution < 1.29 is 18.4 Å². The predicted octanol–water partition coefficient (Wildman–Crippen LogP) is 7.16. The van der Waals surface area contributed by atoms with Crippen molar-refractivity contribution in [3.8, 4) is 6.07 Å². The Morgan fingerprint density at radius 3 is 2.25 bits per heavy atom. The Hall–Kier alpha value is -1.87. The SMILES string of the molecule is CC1(C)CC[C@]2(CN3CC(F)(F)C3)CC[C@]3(C)[C@H](C(=O)C=C4[C@@]5(C)C=C(C#N)C(=O)C(C)(C)[C@@H]5CC[C@]43C)[C@@H]2C1. The fourth-order valence-corrected chi connectivity index (χ4v) is 11.2. The summed E-state index contributed by atoms with van der Waals surface area (Å²) in [4.78, 5) is 29.7. The van der Waals surface area contributed by atoms with Crippen LogP contribution in [0, 0.1) is 61.6 Å². The molecule has 3 saturated carbocycles. The topological polar surface area (TPSA) is 61.2 Å². The average Bonchev–Trinajstić information content (AvgIpc) is 2.82. The molecule has 0 aromatic carbocycles. The minimum Gasteiger partial charge on any atom is -0.295 e. The van der Waals surface area contributed by atoms with Crippen LogP contribution in [0.15, 0.2) is 23.3 Å². The van der Waals surface area contributed by atoms with Crippen LogP contribution in [0.2, 0.25) is 0 Å². The first-order chi connectivity index (χ1) is 18.3. The highest BCUT2D eigenvalue weighted by molar-refractivity contribution is 6.04. The Morgan fingerprint density at radius 1 is 0.975 bits per heavy atom. The van der Waals surface area contributed by atoms with Crippen LogP contribution in [0.3, 0.4) is 0 Å². The first kappa shape index (κ1) is 28.3. The molecule has 4 fully saturated rings. The van der Waals surface area contributed by atoms with Gasteiger partial charge in [0, 0.05) is 23.3 Å². The van der Waals surface area contributed by atoms with Crippen molar-refractivity contribution >= 4 is 11.6 Å². The van der Waals surface area contributed by atoms with Gasteiger partial charge in [-0.05, 0) is 84.5 Å². The first-order valence-electron chi connectivity index (χ1n) is 15.4. The van der Waals surface area contributed by atoms with E-state index in [1.54, 1.807) is 0 Å². The molecule has 5 aliphatic carbocycles. The fourth-order valence-electron chi connectivity index (χ4n) is 11.2. The number of allylic oxidation sites excluding steroid dienone is 4. The second kappa shape index (κ2) is 8.15. The van der Waals surface area contributed by atoms with Crippen LogP contribution < -0.4 is 0 Å². The molecule has 0 amide bonds. The summed E-state index contributed by atoms with van der Waals surface area (Å²) < 4.78 is 27.7. The van der Waals surface area contributed by atoms with E-state index < -0.39 is 16.8 Å². The van der Waals surface area contributed by atoms with Crippen LogP contribution in [0.1, 0.15) is 93.4 Å². The number of carbonyl (C=O) groups excluding carboxylic acids is 2. The quantitative estimate of drug-likeness (QED) is 0.365. The molecule has 1 saturated heterocycles. The summed E-state index contributed by atoms with van der Waals surface area (Å²) in [5.74, 6) is -2.45. The van der Waals surface area contributed by atoms with Crippen LogP contribution in [0.4, 0.5) is 8.78 Å². The van der Waals surface area contributed by atoms with Gasteiger partial charge in [0.05, 0.1) is 18.7 Å². The van der Waals surface area contributed by atoms with Gasteiger partial charge < -0.3 is 0 Å². The molecule has 1 heterocycles. The van der Waals surface area contributed by atoms with Gasteiger partial charge >= 0.3 is 0 Å². The van der Waals surface area contributed by atoms with Crippen molar-refractivity contribution in [2.75, 3.05) is 19.6 Å². The maximum Gasteiger partial charge on any atom is 0.272 e. The number of rotatable bonds is 2.